The third-order valence-electron chi connectivity index (χ3n) is 3.44. The maximum Gasteiger partial charge on any atom is 0.317 e. The van der Waals surface area contributed by atoms with Gasteiger partial charge in [-0.25, -0.2) is 4.79 Å². The predicted octanol–water partition coefficient (Wildman–Crippen LogP) is 1.38. The molecule has 2 amide bonds. The first-order valence-electron chi connectivity index (χ1n) is 6.93. The Bertz CT molecular complexity index is 296. The van der Waals surface area contributed by atoms with E-state index in [1.165, 1.54) is 0 Å². The van der Waals surface area contributed by atoms with E-state index in [1.807, 2.05) is 13.0 Å². The number of aliphatic hydroxyl groups excluding tert-OH is 1. The van der Waals surface area contributed by atoms with Crippen molar-refractivity contribution in [3.63, 3.8) is 0 Å². The largest absolute Gasteiger partial charge is 0.396 e. The van der Waals surface area contributed by atoms with E-state index in [9.17, 15) is 9.90 Å². The van der Waals surface area contributed by atoms with E-state index in [1.54, 1.807) is 4.90 Å². The van der Waals surface area contributed by atoms with Crippen molar-refractivity contribution in [1.82, 2.24) is 10.2 Å². The van der Waals surface area contributed by atoms with Gasteiger partial charge in [0.05, 0.1) is 19.8 Å². The first-order chi connectivity index (χ1) is 9.11. The first-order valence-corrected chi connectivity index (χ1v) is 6.93. The molecular formula is C14H26N2O3. The number of aliphatic hydroxyl groups is 1. The quantitative estimate of drug-likeness (QED) is 0.543. The standard InChI is InChI=1S/C14H26N2O3/c1-3-4-9-19-10-7-15-13(18)16-8-5-6-14(2,11-16)12-17/h3,17H,1,4-12H2,2H3,(H,15,18). The molecule has 19 heavy (non-hydrogen) atoms. The van der Waals surface area contributed by atoms with Gasteiger partial charge < -0.3 is 20.1 Å². The Balaban J connectivity index is 2.20. The number of piperidine rings is 1. The monoisotopic (exact) mass is 270 g/mol. The fraction of sp³-hybridized carbons (Fsp3) is 0.786. The molecule has 1 rings (SSSR count). The van der Waals surface area contributed by atoms with Crippen LogP contribution in [-0.2, 0) is 4.74 Å². The van der Waals surface area contributed by atoms with E-state index in [-0.39, 0.29) is 18.1 Å². The van der Waals surface area contributed by atoms with E-state index < -0.39 is 0 Å². The van der Waals surface area contributed by atoms with Gasteiger partial charge in [0.25, 0.3) is 0 Å². The topological polar surface area (TPSA) is 61.8 Å². The van der Waals surface area contributed by atoms with Gasteiger partial charge in [-0.2, -0.15) is 0 Å². The molecular weight excluding hydrogens is 244 g/mol. The summed E-state index contributed by atoms with van der Waals surface area (Å²) in [7, 11) is 0. The number of rotatable bonds is 7. The minimum Gasteiger partial charge on any atom is -0.396 e. The smallest absolute Gasteiger partial charge is 0.317 e. The van der Waals surface area contributed by atoms with Crippen molar-refractivity contribution in [2.24, 2.45) is 5.41 Å². The highest BCUT2D eigenvalue weighted by atomic mass is 16.5. The van der Waals surface area contributed by atoms with Crippen LogP contribution in [0.4, 0.5) is 4.79 Å². The fourth-order valence-electron chi connectivity index (χ4n) is 2.23. The molecule has 1 saturated heterocycles. The third-order valence-corrected chi connectivity index (χ3v) is 3.44. The van der Waals surface area contributed by atoms with Gasteiger partial charge in [0.1, 0.15) is 0 Å². The summed E-state index contributed by atoms with van der Waals surface area (Å²) in [4.78, 5) is 13.7. The number of nitrogens with zero attached hydrogens (tertiary/aromatic N) is 1. The van der Waals surface area contributed by atoms with Crippen LogP contribution in [0, 0.1) is 5.41 Å². The highest BCUT2D eigenvalue weighted by Gasteiger charge is 2.32. The molecule has 1 aliphatic heterocycles. The minimum absolute atomic E-state index is 0.0632. The Morgan fingerprint density at radius 3 is 3.05 bits per heavy atom. The fourth-order valence-corrected chi connectivity index (χ4v) is 2.23. The summed E-state index contributed by atoms with van der Waals surface area (Å²) in [5.74, 6) is 0. The molecule has 1 aliphatic rings. The summed E-state index contributed by atoms with van der Waals surface area (Å²) in [6.07, 6.45) is 4.55. The zero-order chi connectivity index (χ0) is 14.1. The molecule has 0 saturated carbocycles. The molecule has 2 N–H and O–H groups in total. The van der Waals surface area contributed by atoms with Crippen molar-refractivity contribution in [2.45, 2.75) is 26.2 Å². The number of hydrogen-bond donors (Lipinski definition) is 2. The Kier molecular flexibility index (Phi) is 6.87. The van der Waals surface area contributed by atoms with Gasteiger partial charge in [-0.1, -0.05) is 13.0 Å². The molecule has 0 bridgehead atoms. The maximum atomic E-state index is 12.0. The molecule has 0 aliphatic carbocycles. The van der Waals surface area contributed by atoms with Crippen LogP contribution in [0.5, 0.6) is 0 Å². The van der Waals surface area contributed by atoms with Gasteiger partial charge in [-0.15, -0.1) is 6.58 Å². The second kappa shape index (κ2) is 8.17. The van der Waals surface area contributed by atoms with Gasteiger partial charge >= 0.3 is 6.03 Å². The van der Waals surface area contributed by atoms with Crippen LogP contribution in [0.2, 0.25) is 0 Å². The summed E-state index contributed by atoms with van der Waals surface area (Å²) in [6, 6.07) is -0.0632. The van der Waals surface area contributed by atoms with Crippen molar-refractivity contribution in [2.75, 3.05) is 39.5 Å². The van der Waals surface area contributed by atoms with E-state index in [2.05, 4.69) is 11.9 Å². The number of hydrogen-bond acceptors (Lipinski definition) is 3. The summed E-state index contributed by atoms with van der Waals surface area (Å²) in [5, 5.41) is 12.2. The van der Waals surface area contributed by atoms with Crippen LogP contribution in [0.15, 0.2) is 12.7 Å². The van der Waals surface area contributed by atoms with Crippen molar-refractivity contribution >= 4 is 6.03 Å². The number of carbonyl (C=O) groups excluding carboxylic acids is 1. The molecule has 5 heteroatoms. The Morgan fingerprint density at radius 1 is 1.58 bits per heavy atom. The molecule has 1 atom stereocenters. The highest BCUT2D eigenvalue weighted by Crippen LogP contribution is 2.28. The third kappa shape index (κ3) is 5.61. The molecule has 0 aromatic rings. The van der Waals surface area contributed by atoms with E-state index in [0.717, 1.165) is 25.8 Å². The van der Waals surface area contributed by atoms with Gasteiger partial charge in [0.15, 0.2) is 0 Å². The average molecular weight is 270 g/mol. The lowest BCUT2D eigenvalue weighted by atomic mass is 9.83. The van der Waals surface area contributed by atoms with Crippen LogP contribution in [0.3, 0.4) is 0 Å². The van der Waals surface area contributed by atoms with Crippen LogP contribution >= 0.6 is 0 Å². The Morgan fingerprint density at radius 2 is 2.37 bits per heavy atom. The minimum atomic E-state index is -0.157. The van der Waals surface area contributed by atoms with Crippen LogP contribution < -0.4 is 5.32 Å². The Labute approximate surface area is 115 Å². The molecule has 5 nitrogen and oxygen atoms in total. The number of carbonyl (C=O) groups is 1. The summed E-state index contributed by atoms with van der Waals surface area (Å²) >= 11 is 0. The van der Waals surface area contributed by atoms with Crippen LogP contribution in [0.1, 0.15) is 26.2 Å². The molecule has 110 valence electrons. The van der Waals surface area contributed by atoms with Gasteiger partial charge in [-0.3, -0.25) is 0 Å². The zero-order valence-electron chi connectivity index (χ0n) is 11.9. The second-order valence-corrected chi connectivity index (χ2v) is 5.42. The Hall–Kier alpha value is -1.07. The van der Waals surface area contributed by atoms with E-state index in [4.69, 9.17) is 4.74 Å². The van der Waals surface area contributed by atoms with Gasteiger partial charge in [0, 0.05) is 25.0 Å². The lowest BCUT2D eigenvalue weighted by Crippen LogP contribution is -2.50. The SMILES string of the molecule is C=CCCOCCNC(=O)N1CCCC(C)(CO)C1. The maximum absolute atomic E-state index is 12.0. The van der Waals surface area contributed by atoms with Crippen molar-refractivity contribution < 1.29 is 14.6 Å². The van der Waals surface area contributed by atoms with Gasteiger partial charge in [-0.05, 0) is 19.3 Å². The molecule has 0 spiro atoms. The van der Waals surface area contributed by atoms with E-state index >= 15 is 0 Å². The van der Waals surface area contributed by atoms with Crippen molar-refractivity contribution in [3.8, 4) is 0 Å². The lowest BCUT2D eigenvalue weighted by molar-refractivity contribution is 0.0606. The first kappa shape index (κ1) is 16.0. The van der Waals surface area contributed by atoms with Crippen LogP contribution in [0.25, 0.3) is 0 Å². The second-order valence-electron chi connectivity index (χ2n) is 5.42. The van der Waals surface area contributed by atoms with Crippen molar-refractivity contribution in [3.05, 3.63) is 12.7 Å². The molecule has 1 unspecified atom stereocenters. The average Bonchev–Trinajstić information content (AvgIpc) is 2.42. The molecule has 1 heterocycles. The molecule has 1 fully saturated rings. The normalized spacial score (nSPS) is 23.2. The molecule has 0 radical (unpaired) electrons. The van der Waals surface area contributed by atoms with Crippen molar-refractivity contribution in [1.29, 1.82) is 0 Å². The molecule has 0 aromatic carbocycles. The summed E-state index contributed by atoms with van der Waals surface area (Å²) < 4.78 is 5.33. The summed E-state index contributed by atoms with van der Waals surface area (Å²) in [6.45, 7) is 8.82. The number of urea groups is 1. The number of nitrogens with one attached hydrogen (secondary N) is 1. The predicted molar refractivity (Wildman–Crippen MR) is 75.0 cm³/mol. The summed E-state index contributed by atoms with van der Waals surface area (Å²) in [5.41, 5.74) is -0.157. The van der Waals surface area contributed by atoms with E-state index in [0.29, 0.717) is 26.3 Å². The zero-order valence-corrected chi connectivity index (χ0v) is 11.9. The number of amides is 2. The highest BCUT2D eigenvalue weighted by molar-refractivity contribution is 5.74. The molecule has 0 aromatic heterocycles. The number of likely N-dealkylation sites (tertiary alicyclic amines) is 1. The van der Waals surface area contributed by atoms with Gasteiger partial charge in [0.2, 0.25) is 0 Å². The number of ether oxygens (including phenoxy) is 1. The van der Waals surface area contributed by atoms with Crippen LogP contribution in [-0.4, -0.2) is 55.5 Å². The lowest BCUT2D eigenvalue weighted by Gasteiger charge is -2.39.